The molecule has 0 bridgehead atoms. The first-order valence-electron chi connectivity index (χ1n) is 2.89. The zero-order valence-corrected chi connectivity index (χ0v) is 8.34. The Hall–Kier alpha value is 0.1000. The highest BCUT2D eigenvalue weighted by Gasteiger charge is 1.92. The van der Waals surface area contributed by atoms with Crippen LogP contribution in [0.15, 0.2) is 5.38 Å². The maximum absolute atomic E-state index is 5.30. The Morgan fingerprint density at radius 1 is 1.45 bits per heavy atom. The predicted octanol–water partition coefficient (Wildman–Crippen LogP) is 1.27. The molecule has 0 spiro atoms. The molecule has 0 aliphatic carbocycles. The van der Waals surface area contributed by atoms with Crippen LogP contribution in [0.3, 0.4) is 0 Å². The van der Waals surface area contributed by atoms with Gasteiger partial charge in [0.15, 0.2) is 0 Å². The number of aromatic nitrogens is 2. The average molecular weight is 216 g/mol. The van der Waals surface area contributed by atoms with E-state index in [1.807, 2.05) is 5.38 Å². The largest absolute Gasteiger partial charge is 0.330 e. The second-order valence-corrected chi connectivity index (χ2v) is 2.40. The van der Waals surface area contributed by atoms with Crippen LogP contribution >= 0.6 is 36.3 Å². The van der Waals surface area contributed by atoms with Crippen molar-refractivity contribution >= 4 is 36.3 Å². The van der Waals surface area contributed by atoms with Gasteiger partial charge in [-0.1, -0.05) is 4.49 Å². The summed E-state index contributed by atoms with van der Waals surface area (Å²) in [5.74, 6) is 0. The van der Waals surface area contributed by atoms with Crippen molar-refractivity contribution in [2.24, 2.45) is 5.73 Å². The van der Waals surface area contributed by atoms with Gasteiger partial charge in [-0.05, 0) is 30.9 Å². The minimum absolute atomic E-state index is 0. The van der Waals surface area contributed by atoms with E-state index in [2.05, 4.69) is 9.59 Å². The Morgan fingerprint density at radius 3 is 2.64 bits per heavy atom. The standard InChI is InChI=1S/C5H9N3S.2ClH/c6-3-1-2-5-4-9-8-7-5;;/h4H,1-3,6H2;2*1H. The fourth-order valence-electron chi connectivity index (χ4n) is 0.576. The molecule has 0 aliphatic rings. The molecule has 0 unspecified atom stereocenters. The van der Waals surface area contributed by atoms with Gasteiger partial charge in [-0.25, -0.2) is 0 Å². The lowest BCUT2D eigenvalue weighted by Gasteiger charge is -1.88. The summed E-state index contributed by atoms with van der Waals surface area (Å²) >= 11 is 1.39. The van der Waals surface area contributed by atoms with Crippen molar-refractivity contribution in [3.63, 3.8) is 0 Å². The molecule has 3 nitrogen and oxygen atoms in total. The monoisotopic (exact) mass is 215 g/mol. The van der Waals surface area contributed by atoms with Crippen LogP contribution < -0.4 is 5.73 Å². The van der Waals surface area contributed by atoms with E-state index in [0.717, 1.165) is 25.1 Å². The molecule has 0 saturated carbocycles. The molecule has 0 aromatic carbocycles. The fraction of sp³-hybridized carbons (Fsp3) is 0.600. The van der Waals surface area contributed by atoms with Gasteiger partial charge in [0.2, 0.25) is 0 Å². The van der Waals surface area contributed by atoms with E-state index in [-0.39, 0.29) is 24.8 Å². The molecule has 2 N–H and O–H groups in total. The summed E-state index contributed by atoms with van der Waals surface area (Å²) in [6.45, 7) is 0.734. The molecule has 1 aromatic rings. The normalized spacial score (nSPS) is 8.09. The number of nitrogens with zero attached hydrogens (tertiary/aromatic N) is 2. The van der Waals surface area contributed by atoms with E-state index in [9.17, 15) is 0 Å². The summed E-state index contributed by atoms with van der Waals surface area (Å²) in [5, 5.41) is 5.82. The van der Waals surface area contributed by atoms with E-state index in [1.54, 1.807) is 0 Å². The number of hydrogen-bond donors (Lipinski definition) is 1. The maximum atomic E-state index is 5.30. The van der Waals surface area contributed by atoms with E-state index in [0.29, 0.717) is 0 Å². The van der Waals surface area contributed by atoms with Crippen molar-refractivity contribution in [2.45, 2.75) is 12.8 Å². The molecule has 0 fully saturated rings. The number of halogens is 2. The van der Waals surface area contributed by atoms with Crippen LogP contribution in [0.25, 0.3) is 0 Å². The Balaban J connectivity index is 0. The Morgan fingerprint density at radius 2 is 2.18 bits per heavy atom. The third kappa shape index (κ3) is 5.38. The molecule has 66 valence electrons. The minimum Gasteiger partial charge on any atom is -0.330 e. The van der Waals surface area contributed by atoms with Gasteiger partial charge in [-0.3, -0.25) is 0 Å². The van der Waals surface area contributed by atoms with Gasteiger partial charge in [-0.2, -0.15) is 0 Å². The highest BCUT2D eigenvalue weighted by Crippen LogP contribution is 1.98. The first-order chi connectivity index (χ1) is 4.43. The fourth-order valence-corrected chi connectivity index (χ4v) is 1.06. The van der Waals surface area contributed by atoms with Crippen LogP contribution in [0.4, 0.5) is 0 Å². The van der Waals surface area contributed by atoms with Crippen molar-refractivity contribution < 1.29 is 0 Å². The van der Waals surface area contributed by atoms with Crippen molar-refractivity contribution in [1.29, 1.82) is 0 Å². The molecular formula is C5H11Cl2N3S. The van der Waals surface area contributed by atoms with Gasteiger partial charge >= 0.3 is 0 Å². The predicted molar refractivity (Wildman–Crippen MR) is 51.8 cm³/mol. The molecule has 0 aliphatic heterocycles. The van der Waals surface area contributed by atoms with E-state index < -0.39 is 0 Å². The van der Waals surface area contributed by atoms with Gasteiger partial charge in [-0.15, -0.1) is 29.9 Å². The molecule has 1 aromatic heterocycles. The van der Waals surface area contributed by atoms with E-state index in [1.165, 1.54) is 11.5 Å². The minimum atomic E-state index is 0. The molecule has 0 amide bonds. The zero-order chi connectivity index (χ0) is 6.53. The first-order valence-corrected chi connectivity index (χ1v) is 3.73. The van der Waals surface area contributed by atoms with Gasteiger partial charge in [0, 0.05) is 5.38 Å². The van der Waals surface area contributed by atoms with Crippen LogP contribution in [-0.4, -0.2) is 16.1 Å². The number of aryl methyl sites for hydroxylation is 1. The highest BCUT2D eigenvalue weighted by atomic mass is 35.5. The lowest BCUT2D eigenvalue weighted by atomic mass is 10.3. The van der Waals surface area contributed by atoms with Crippen molar-refractivity contribution in [2.75, 3.05) is 6.54 Å². The highest BCUT2D eigenvalue weighted by molar-refractivity contribution is 7.03. The molecule has 0 saturated heterocycles. The summed E-state index contributed by atoms with van der Waals surface area (Å²) in [7, 11) is 0. The van der Waals surface area contributed by atoms with Crippen molar-refractivity contribution in [1.82, 2.24) is 9.59 Å². The van der Waals surface area contributed by atoms with Gasteiger partial charge < -0.3 is 5.73 Å². The Labute approximate surface area is 82.4 Å². The maximum Gasteiger partial charge on any atom is 0.0755 e. The smallest absolute Gasteiger partial charge is 0.0755 e. The third-order valence-corrected chi connectivity index (χ3v) is 1.60. The van der Waals surface area contributed by atoms with Gasteiger partial charge in [0.05, 0.1) is 5.69 Å². The van der Waals surface area contributed by atoms with Crippen molar-refractivity contribution in [3.05, 3.63) is 11.1 Å². The Kier molecular flexibility index (Phi) is 10.2. The van der Waals surface area contributed by atoms with Crippen LogP contribution in [0.1, 0.15) is 12.1 Å². The molecular weight excluding hydrogens is 205 g/mol. The molecule has 0 atom stereocenters. The van der Waals surface area contributed by atoms with Crippen LogP contribution in [0.2, 0.25) is 0 Å². The summed E-state index contributed by atoms with van der Waals surface area (Å²) in [4.78, 5) is 0. The average Bonchev–Trinajstić information content (AvgIpc) is 2.34. The lowest BCUT2D eigenvalue weighted by Crippen LogP contribution is -2.00. The van der Waals surface area contributed by atoms with Gasteiger partial charge in [0.1, 0.15) is 0 Å². The summed E-state index contributed by atoms with van der Waals surface area (Å²) in [6, 6.07) is 0. The third-order valence-electron chi connectivity index (χ3n) is 1.04. The SMILES string of the molecule is Cl.Cl.NCCCc1csnn1. The quantitative estimate of drug-likeness (QED) is 0.827. The summed E-state index contributed by atoms with van der Waals surface area (Å²) < 4.78 is 3.73. The van der Waals surface area contributed by atoms with Crippen molar-refractivity contribution in [3.8, 4) is 0 Å². The molecule has 6 heteroatoms. The number of nitrogens with two attached hydrogens (primary N) is 1. The second-order valence-electron chi connectivity index (χ2n) is 1.79. The van der Waals surface area contributed by atoms with Gasteiger partial charge in [0.25, 0.3) is 0 Å². The molecule has 11 heavy (non-hydrogen) atoms. The van der Waals surface area contributed by atoms with E-state index >= 15 is 0 Å². The van der Waals surface area contributed by atoms with Crippen LogP contribution in [0.5, 0.6) is 0 Å². The number of hydrogen-bond acceptors (Lipinski definition) is 4. The zero-order valence-electron chi connectivity index (χ0n) is 5.90. The first kappa shape index (κ1) is 13.7. The summed E-state index contributed by atoms with van der Waals surface area (Å²) in [5.41, 5.74) is 6.36. The number of rotatable bonds is 3. The molecule has 1 heterocycles. The summed E-state index contributed by atoms with van der Waals surface area (Å²) in [6.07, 6.45) is 1.97. The van der Waals surface area contributed by atoms with E-state index in [4.69, 9.17) is 5.73 Å². The lowest BCUT2D eigenvalue weighted by molar-refractivity contribution is 0.804. The molecule has 0 radical (unpaired) electrons. The Bertz CT molecular complexity index is 157. The molecule has 1 rings (SSSR count). The van der Waals surface area contributed by atoms with Crippen LogP contribution in [-0.2, 0) is 6.42 Å². The topological polar surface area (TPSA) is 51.8 Å². The second kappa shape index (κ2) is 8.20. The van der Waals surface area contributed by atoms with Crippen LogP contribution in [0, 0.1) is 0 Å².